The fourth-order valence-electron chi connectivity index (χ4n) is 2.56. The molecule has 98 valence electrons. The van der Waals surface area contributed by atoms with E-state index in [2.05, 4.69) is 63.9 Å². The summed E-state index contributed by atoms with van der Waals surface area (Å²) in [6.07, 6.45) is 4.35. The summed E-state index contributed by atoms with van der Waals surface area (Å²) in [5, 5.41) is 3.57. The Morgan fingerprint density at radius 3 is 2.58 bits per heavy atom. The van der Waals surface area contributed by atoms with E-state index in [4.69, 9.17) is 0 Å². The third kappa shape index (κ3) is 2.67. The summed E-state index contributed by atoms with van der Waals surface area (Å²) in [4.78, 5) is 1.31. The minimum atomic E-state index is 0.911. The van der Waals surface area contributed by atoms with Crippen molar-refractivity contribution in [3.8, 4) is 0 Å². The highest BCUT2D eigenvalue weighted by atomic mass is 79.9. The number of hydrogen-bond acceptors (Lipinski definition) is 2. The van der Waals surface area contributed by atoms with Crippen molar-refractivity contribution in [1.82, 2.24) is 0 Å². The standard InChI is InChI=1S/C16H16BrNS/c1-19-16-8-12-7-6-11-4-2-3-5-13(11)10-18-15(12)9-14(16)17/h2-5,8-9,18H,6-7,10H2,1H3. The van der Waals surface area contributed by atoms with E-state index in [1.165, 1.54) is 31.7 Å². The highest BCUT2D eigenvalue weighted by Gasteiger charge is 2.12. The number of rotatable bonds is 1. The summed E-state index contributed by atoms with van der Waals surface area (Å²) in [5.74, 6) is 0. The van der Waals surface area contributed by atoms with E-state index < -0.39 is 0 Å². The molecule has 2 aromatic carbocycles. The Balaban J connectivity index is 1.97. The van der Waals surface area contributed by atoms with Gasteiger partial charge in [0.2, 0.25) is 0 Å². The van der Waals surface area contributed by atoms with Gasteiger partial charge in [0.25, 0.3) is 0 Å². The molecule has 0 atom stereocenters. The lowest BCUT2D eigenvalue weighted by Crippen LogP contribution is -2.10. The molecule has 1 aliphatic heterocycles. The third-order valence-corrected chi connectivity index (χ3v) is 5.33. The molecular formula is C16H16BrNS. The highest BCUT2D eigenvalue weighted by molar-refractivity contribution is 9.10. The Kier molecular flexibility index (Phi) is 3.85. The van der Waals surface area contributed by atoms with Gasteiger partial charge < -0.3 is 5.32 Å². The van der Waals surface area contributed by atoms with Gasteiger partial charge in [-0.2, -0.15) is 0 Å². The number of thioether (sulfide) groups is 1. The number of nitrogens with one attached hydrogen (secondary N) is 1. The Morgan fingerprint density at radius 2 is 1.79 bits per heavy atom. The van der Waals surface area contributed by atoms with Gasteiger partial charge in [-0.05, 0) is 63.9 Å². The van der Waals surface area contributed by atoms with E-state index in [0.717, 1.165) is 19.4 Å². The van der Waals surface area contributed by atoms with Crippen LogP contribution in [0.5, 0.6) is 0 Å². The predicted molar refractivity (Wildman–Crippen MR) is 87.1 cm³/mol. The maximum atomic E-state index is 3.65. The summed E-state index contributed by atoms with van der Waals surface area (Å²) in [5.41, 5.74) is 5.56. The fraction of sp³-hybridized carbons (Fsp3) is 0.250. The number of halogens is 1. The fourth-order valence-corrected chi connectivity index (χ4v) is 3.90. The van der Waals surface area contributed by atoms with Crippen LogP contribution in [-0.4, -0.2) is 6.26 Å². The van der Waals surface area contributed by atoms with Gasteiger partial charge in [0, 0.05) is 21.6 Å². The first-order valence-electron chi connectivity index (χ1n) is 6.45. The lowest BCUT2D eigenvalue weighted by Gasteiger charge is -2.20. The molecule has 3 rings (SSSR count). The molecule has 0 unspecified atom stereocenters. The molecule has 1 heterocycles. The quantitative estimate of drug-likeness (QED) is 0.746. The average molecular weight is 334 g/mol. The van der Waals surface area contributed by atoms with Crippen LogP contribution in [0.25, 0.3) is 0 Å². The molecular weight excluding hydrogens is 318 g/mol. The van der Waals surface area contributed by atoms with Gasteiger partial charge in [-0.1, -0.05) is 24.3 Å². The van der Waals surface area contributed by atoms with Crippen LogP contribution in [0.15, 0.2) is 45.8 Å². The normalized spacial score (nSPS) is 13.8. The van der Waals surface area contributed by atoms with E-state index in [9.17, 15) is 0 Å². The molecule has 0 saturated heterocycles. The van der Waals surface area contributed by atoms with E-state index >= 15 is 0 Å². The van der Waals surface area contributed by atoms with Gasteiger partial charge >= 0.3 is 0 Å². The first-order chi connectivity index (χ1) is 9.28. The van der Waals surface area contributed by atoms with Crippen molar-refractivity contribution in [3.05, 3.63) is 57.6 Å². The molecule has 1 nitrogen and oxygen atoms in total. The first-order valence-corrected chi connectivity index (χ1v) is 8.47. The van der Waals surface area contributed by atoms with Crippen molar-refractivity contribution >= 4 is 33.4 Å². The molecule has 0 spiro atoms. The SMILES string of the molecule is CSc1cc2c(cc1Br)NCc1ccccc1CC2. The second kappa shape index (κ2) is 5.59. The number of hydrogen-bond donors (Lipinski definition) is 1. The molecule has 0 fully saturated rings. The Labute approximate surface area is 126 Å². The minimum absolute atomic E-state index is 0.911. The Hall–Kier alpha value is -0.930. The summed E-state index contributed by atoms with van der Waals surface area (Å²) >= 11 is 5.44. The van der Waals surface area contributed by atoms with Crippen molar-refractivity contribution < 1.29 is 0 Å². The first kappa shape index (κ1) is 13.1. The lowest BCUT2D eigenvalue weighted by molar-refractivity contribution is 0.906. The van der Waals surface area contributed by atoms with E-state index in [0.29, 0.717) is 0 Å². The molecule has 0 radical (unpaired) electrons. The van der Waals surface area contributed by atoms with Crippen LogP contribution in [0.2, 0.25) is 0 Å². The molecule has 0 saturated carbocycles. The maximum absolute atomic E-state index is 3.65. The van der Waals surface area contributed by atoms with Gasteiger partial charge in [0.15, 0.2) is 0 Å². The molecule has 2 aromatic rings. The van der Waals surface area contributed by atoms with Crippen LogP contribution < -0.4 is 5.32 Å². The van der Waals surface area contributed by atoms with Crippen LogP contribution in [0, 0.1) is 0 Å². The summed E-state index contributed by atoms with van der Waals surface area (Å²) in [7, 11) is 0. The van der Waals surface area contributed by atoms with Crippen molar-refractivity contribution in [2.45, 2.75) is 24.3 Å². The smallest absolute Gasteiger partial charge is 0.0403 e. The zero-order valence-electron chi connectivity index (χ0n) is 10.9. The topological polar surface area (TPSA) is 12.0 Å². The van der Waals surface area contributed by atoms with Crippen molar-refractivity contribution in [2.75, 3.05) is 11.6 Å². The predicted octanol–water partition coefficient (Wildman–Crippen LogP) is 4.88. The molecule has 0 amide bonds. The minimum Gasteiger partial charge on any atom is -0.381 e. The van der Waals surface area contributed by atoms with E-state index in [1.54, 1.807) is 11.8 Å². The zero-order valence-corrected chi connectivity index (χ0v) is 13.3. The van der Waals surface area contributed by atoms with Crippen LogP contribution >= 0.6 is 27.7 Å². The second-order valence-corrected chi connectivity index (χ2v) is 6.47. The third-order valence-electron chi connectivity index (χ3n) is 3.63. The van der Waals surface area contributed by atoms with Gasteiger partial charge in [-0.15, -0.1) is 11.8 Å². The second-order valence-electron chi connectivity index (χ2n) is 4.77. The number of aryl methyl sites for hydroxylation is 2. The van der Waals surface area contributed by atoms with Crippen LogP contribution in [0.4, 0.5) is 5.69 Å². The molecule has 1 N–H and O–H groups in total. The molecule has 0 bridgehead atoms. The molecule has 3 heteroatoms. The van der Waals surface area contributed by atoms with Crippen LogP contribution in [0.3, 0.4) is 0 Å². The van der Waals surface area contributed by atoms with Gasteiger partial charge in [0.05, 0.1) is 0 Å². The Bertz CT molecular complexity index is 610. The summed E-state index contributed by atoms with van der Waals surface area (Å²) in [6, 6.07) is 13.3. The molecule has 0 aromatic heterocycles. The average Bonchev–Trinajstić information content (AvgIpc) is 2.42. The van der Waals surface area contributed by atoms with Gasteiger partial charge in [0.1, 0.15) is 0 Å². The van der Waals surface area contributed by atoms with Crippen molar-refractivity contribution in [3.63, 3.8) is 0 Å². The monoisotopic (exact) mass is 333 g/mol. The molecule has 19 heavy (non-hydrogen) atoms. The van der Waals surface area contributed by atoms with Crippen molar-refractivity contribution in [1.29, 1.82) is 0 Å². The van der Waals surface area contributed by atoms with Crippen LogP contribution in [-0.2, 0) is 19.4 Å². The zero-order chi connectivity index (χ0) is 13.2. The maximum Gasteiger partial charge on any atom is 0.0403 e. The molecule has 0 aliphatic carbocycles. The van der Waals surface area contributed by atoms with Crippen molar-refractivity contribution in [2.24, 2.45) is 0 Å². The largest absolute Gasteiger partial charge is 0.381 e. The van der Waals surface area contributed by atoms with Gasteiger partial charge in [-0.3, -0.25) is 0 Å². The summed E-state index contributed by atoms with van der Waals surface area (Å²) < 4.78 is 1.18. The van der Waals surface area contributed by atoms with E-state index in [1.807, 2.05) is 0 Å². The molecule has 1 aliphatic rings. The number of anilines is 1. The summed E-state index contributed by atoms with van der Waals surface area (Å²) in [6.45, 7) is 0.911. The van der Waals surface area contributed by atoms with Crippen LogP contribution in [0.1, 0.15) is 16.7 Å². The lowest BCUT2D eigenvalue weighted by atomic mass is 9.96. The number of benzene rings is 2. The van der Waals surface area contributed by atoms with E-state index in [-0.39, 0.29) is 0 Å². The Morgan fingerprint density at radius 1 is 1.05 bits per heavy atom. The van der Waals surface area contributed by atoms with Gasteiger partial charge in [-0.25, -0.2) is 0 Å². The number of fused-ring (bicyclic) bond motifs is 2. The highest BCUT2D eigenvalue weighted by Crippen LogP contribution is 2.33.